The minimum absolute atomic E-state index is 0.499. The van der Waals surface area contributed by atoms with Crippen LogP contribution >= 0.6 is 0 Å². The van der Waals surface area contributed by atoms with Crippen LogP contribution in [0.3, 0.4) is 0 Å². The topological polar surface area (TPSA) is 29.9 Å². The lowest BCUT2D eigenvalue weighted by Crippen LogP contribution is -2.24. The van der Waals surface area contributed by atoms with Gasteiger partial charge in [0.1, 0.15) is 0 Å². The first-order valence-corrected chi connectivity index (χ1v) is 5.36. The van der Waals surface area contributed by atoms with Gasteiger partial charge in [0.25, 0.3) is 0 Å². The number of nitrogens with zero attached hydrogens (tertiary/aromatic N) is 2. The molecule has 0 aliphatic carbocycles. The summed E-state index contributed by atoms with van der Waals surface area (Å²) in [6, 6.07) is 2.64. The Morgan fingerprint density at radius 3 is 2.64 bits per heavy atom. The molecule has 1 heterocycles. The molecule has 80 valence electrons. The van der Waals surface area contributed by atoms with Gasteiger partial charge in [-0.15, -0.1) is 0 Å². The van der Waals surface area contributed by atoms with Crippen LogP contribution in [0.2, 0.25) is 0 Å². The van der Waals surface area contributed by atoms with E-state index in [1.54, 1.807) is 0 Å². The van der Waals surface area contributed by atoms with Crippen molar-refractivity contribution in [2.45, 2.75) is 39.7 Å². The molecule has 0 bridgehead atoms. The van der Waals surface area contributed by atoms with Crippen LogP contribution in [0, 0.1) is 13.8 Å². The molecule has 3 nitrogen and oxygen atoms in total. The van der Waals surface area contributed by atoms with Gasteiger partial charge in [0.15, 0.2) is 0 Å². The number of rotatable bonds is 5. The molecule has 1 unspecified atom stereocenters. The summed E-state index contributed by atoms with van der Waals surface area (Å²) in [5.74, 6) is 0. The highest BCUT2D eigenvalue weighted by atomic mass is 15.3. The highest BCUT2D eigenvalue weighted by molar-refractivity contribution is 5.07. The van der Waals surface area contributed by atoms with Gasteiger partial charge in [-0.3, -0.25) is 4.68 Å². The van der Waals surface area contributed by atoms with E-state index in [-0.39, 0.29) is 0 Å². The zero-order valence-corrected chi connectivity index (χ0v) is 9.67. The Balaban J connectivity index is 2.80. The Hall–Kier alpha value is -0.830. The highest BCUT2D eigenvalue weighted by Gasteiger charge is 2.12. The first kappa shape index (κ1) is 11.2. The van der Waals surface area contributed by atoms with Gasteiger partial charge >= 0.3 is 0 Å². The zero-order chi connectivity index (χ0) is 10.6. The van der Waals surface area contributed by atoms with Crippen molar-refractivity contribution in [2.75, 3.05) is 13.6 Å². The second-order valence-electron chi connectivity index (χ2n) is 3.87. The van der Waals surface area contributed by atoms with Crippen molar-refractivity contribution in [2.24, 2.45) is 0 Å². The van der Waals surface area contributed by atoms with E-state index in [0.29, 0.717) is 6.04 Å². The summed E-state index contributed by atoms with van der Waals surface area (Å²) < 4.78 is 2.15. The molecule has 1 aromatic heterocycles. The quantitative estimate of drug-likeness (QED) is 0.779. The smallest absolute Gasteiger partial charge is 0.0646 e. The molecule has 1 N–H and O–H groups in total. The second kappa shape index (κ2) is 5.15. The minimum atomic E-state index is 0.499. The number of likely N-dealkylation sites (N-methyl/N-ethyl adjacent to an activating group) is 1. The summed E-state index contributed by atoms with van der Waals surface area (Å²) in [6.07, 6.45) is 2.38. The lowest BCUT2D eigenvalue weighted by Gasteiger charge is -2.18. The van der Waals surface area contributed by atoms with Crippen LogP contribution in [0.25, 0.3) is 0 Å². The Morgan fingerprint density at radius 2 is 2.21 bits per heavy atom. The molecule has 0 aliphatic rings. The summed E-state index contributed by atoms with van der Waals surface area (Å²) in [6.45, 7) is 7.38. The van der Waals surface area contributed by atoms with Crippen LogP contribution in [0.15, 0.2) is 6.07 Å². The molecule has 0 aliphatic heterocycles. The number of nitrogens with one attached hydrogen (secondary N) is 1. The number of hydrogen-bond donors (Lipinski definition) is 1. The molecule has 1 atom stereocenters. The van der Waals surface area contributed by atoms with Crippen molar-refractivity contribution in [3.8, 4) is 0 Å². The maximum atomic E-state index is 4.52. The van der Waals surface area contributed by atoms with E-state index in [2.05, 4.69) is 35.0 Å². The summed E-state index contributed by atoms with van der Waals surface area (Å²) >= 11 is 0. The monoisotopic (exact) mass is 195 g/mol. The Bertz CT molecular complexity index is 272. The minimum Gasteiger partial charge on any atom is -0.318 e. The lowest BCUT2D eigenvalue weighted by molar-refractivity contribution is 0.398. The summed E-state index contributed by atoms with van der Waals surface area (Å²) in [5, 5.41) is 7.75. The van der Waals surface area contributed by atoms with Gasteiger partial charge < -0.3 is 5.32 Å². The highest BCUT2D eigenvalue weighted by Crippen LogP contribution is 2.15. The molecule has 14 heavy (non-hydrogen) atoms. The van der Waals surface area contributed by atoms with Gasteiger partial charge in [0, 0.05) is 12.2 Å². The third kappa shape index (κ3) is 2.58. The molecule has 0 fully saturated rings. The van der Waals surface area contributed by atoms with Crippen LogP contribution in [-0.4, -0.2) is 23.4 Å². The Kier molecular flexibility index (Phi) is 4.14. The number of aryl methyl sites for hydroxylation is 2. The molecule has 0 spiro atoms. The van der Waals surface area contributed by atoms with Crippen molar-refractivity contribution < 1.29 is 0 Å². The first-order valence-electron chi connectivity index (χ1n) is 5.36. The van der Waals surface area contributed by atoms with Crippen LogP contribution in [0.5, 0.6) is 0 Å². The van der Waals surface area contributed by atoms with E-state index >= 15 is 0 Å². The maximum absolute atomic E-state index is 4.52. The van der Waals surface area contributed by atoms with Crippen molar-refractivity contribution in [1.29, 1.82) is 0 Å². The Morgan fingerprint density at radius 1 is 1.50 bits per heavy atom. The second-order valence-corrected chi connectivity index (χ2v) is 3.87. The molecular weight excluding hydrogens is 174 g/mol. The van der Waals surface area contributed by atoms with Gasteiger partial charge in [-0.1, -0.05) is 13.3 Å². The van der Waals surface area contributed by atoms with Crippen LogP contribution < -0.4 is 5.32 Å². The van der Waals surface area contributed by atoms with Crippen LogP contribution in [-0.2, 0) is 0 Å². The standard InChI is InChI=1S/C11H21N3/c1-5-6-11(8-12-4)14-10(3)7-9(2)13-14/h7,11-12H,5-6,8H2,1-4H3. The van der Waals surface area contributed by atoms with Gasteiger partial charge in [-0.2, -0.15) is 5.10 Å². The predicted molar refractivity (Wildman–Crippen MR) is 59.6 cm³/mol. The van der Waals surface area contributed by atoms with Crippen molar-refractivity contribution in [3.63, 3.8) is 0 Å². The molecule has 3 heteroatoms. The molecule has 0 amide bonds. The fraction of sp³-hybridized carbons (Fsp3) is 0.727. The average Bonchev–Trinajstić information content (AvgIpc) is 2.45. The molecule has 0 aromatic carbocycles. The third-order valence-corrected chi connectivity index (χ3v) is 2.45. The summed E-state index contributed by atoms with van der Waals surface area (Å²) in [5.41, 5.74) is 2.37. The SMILES string of the molecule is CCCC(CNC)n1nc(C)cc1C. The van der Waals surface area contributed by atoms with Gasteiger partial charge in [-0.25, -0.2) is 0 Å². The molecule has 0 saturated carbocycles. The van der Waals surface area contributed by atoms with Crippen molar-refractivity contribution in [1.82, 2.24) is 15.1 Å². The van der Waals surface area contributed by atoms with E-state index in [4.69, 9.17) is 0 Å². The summed E-state index contributed by atoms with van der Waals surface area (Å²) in [7, 11) is 1.99. The number of aromatic nitrogens is 2. The van der Waals surface area contributed by atoms with E-state index < -0.39 is 0 Å². The van der Waals surface area contributed by atoms with Gasteiger partial charge in [0.05, 0.1) is 11.7 Å². The van der Waals surface area contributed by atoms with Crippen LogP contribution in [0.4, 0.5) is 0 Å². The number of hydrogen-bond acceptors (Lipinski definition) is 2. The predicted octanol–water partition coefficient (Wildman–Crippen LogP) is 2.06. The fourth-order valence-electron chi connectivity index (χ4n) is 1.90. The van der Waals surface area contributed by atoms with Crippen LogP contribution in [0.1, 0.15) is 37.2 Å². The maximum Gasteiger partial charge on any atom is 0.0646 e. The molecule has 0 saturated heterocycles. The molecule has 1 aromatic rings. The molecular formula is C11H21N3. The van der Waals surface area contributed by atoms with Crippen molar-refractivity contribution >= 4 is 0 Å². The van der Waals surface area contributed by atoms with Gasteiger partial charge in [0.2, 0.25) is 0 Å². The molecule has 1 rings (SSSR count). The largest absolute Gasteiger partial charge is 0.318 e. The zero-order valence-electron chi connectivity index (χ0n) is 9.67. The lowest BCUT2D eigenvalue weighted by atomic mass is 10.1. The third-order valence-electron chi connectivity index (χ3n) is 2.45. The van der Waals surface area contributed by atoms with E-state index in [0.717, 1.165) is 12.2 Å². The fourth-order valence-corrected chi connectivity index (χ4v) is 1.90. The first-order chi connectivity index (χ1) is 6.69. The van der Waals surface area contributed by atoms with E-state index in [9.17, 15) is 0 Å². The molecule has 0 radical (unpaired) electrons. The van der Waals surface area contributed by atoms with E-state index in [1.807, 2.05) is 14.0 Å². The summed E-state index contributed by atoms with van der Waals surface area (Å²) in [4.78, 5) is 0. The van der Waals surface area contributed by atoms with Crippen molar-refractivity contribution in [3.05, 3.63) is 17.5 Å². The van der Waals surface area contributed by atoms with Gasteiger partial charge in [-0.05, 0) is 33.4 Å². The van der Waals surface area contributed by atoms with E-state index in [1.165, 1.54) is 18.5 Å². The Labute approximate surface area is 86.5 Å². The normalized spacial score (nSPS) is 13.1. The average molecular weight is 195 g/mol.